The summed E-state index contributed by atoms with van der Waals surface area (Å²) in [6.45, 7) is 4.35. The van der Waals surface area contributed by atoms with Crippen LogP contribution in [0.4, 0.5) is 4.39 Å². The highest BCUT2D eigenvalue weighted by atomic mass is 19.1. The smallest absolute Gasteiger partial charge is 0.131 e. The molecule has 2 fully saturated rings. The number of rotatable bonds is 10. The van der Waals surface area contributed by atoms with E-state index in [2.05, 4.69) is 50.3 Å². The summed E-state index contributed by atoms with van der Waals surface area (Å²) in [6, 6.07) is 10.6. The molecular formula is C32H45F. The summed E-state index contributed by atoms with van der Waals surface area (Å²) in [6.07, 6.45) is 23.0. The Labute approximate surface area is 202 Å². The molecule has 0 bridgehead atoms. The highest BCUT2D eigenvalue weighted by Crippen LogP contribution is 2.48. The van der Waals surface area contributed by atoms with E-state index in [1.54, 1.807) is 0 Å². The molecular weight excluding hydrogens is 403 g/mol. The number of hydrogen-bond donors (Lipinski definition) is 0. The highest BCUT2D eigenvalue weighted by molar-refractivity contribution is 5.84. The first-order chi connectivity index (χ1) is 16.2. The van der Waals surface area contributed by atoms with Crippen LogP contribution in [0.5, 0.6) is 0 Å². The Morgan fingerprint density at radius 2 is 1.73 bits per heavy atom. The maximum absolute atomic E-state index is 15.1. The molecule has 4 rings (SSSR count). The van der Waals surface area contributed by atoms with E-state index in [1.807, 2.05) is 6.07 Å². The number of fused-ring (bicyclic) bond motifs is 2. The van der Waals surface area contributed by atoms with E-state index in [9.17, 15) is 0 Å². The van der Waals surface area contributed by atoms with Crippen molar-refractivity contribution < 1.29 is 4.39 Å². The van der Waals surface area contributed by atoms with Gasteiger partial charge in [-0.05, 0) is 104 Å². The van der Waals surface area contributed by atoms with Crippen molar-refractivity contribution in [2.75, 3.05) is 0 Å². The van der Waals surface area contributed by atoms with Crippen molar-refractivity contribution in [2.24, 2.45) is 17.8 Å². The number of benzene rings is 2. The van der Waals surface area contributed by atoms with E-state index in [0.29, 0.717) is 5.92 Å². The topological polar surface area (TPSA) is 0 Å². The molecule has 0 amide bonds. The van der Waals surface area contributed by atoms with Gasteiger partial charge >= 0.3 is 0 Å². The predicted octanol–water partition coefficient (Wildman–Crippen LogP) is 10.1. The van der Waals surface area contributed by atoms with Crippen molar-refractivity contribution in [1.82, 2.24) is 0 Å². The molecule has 0 aliphatic heterocycles. The molecule has 2 aromatic rings. The normalized spacial score (nSPS) is 25.5. The first kappa shape index (κ1) is 24.5. The van der Waals surface area contributed by atoms with Crippen LogP contribution in [0.1, 0.15) is 114 Å². The van der Waals surface area contributed by atoms with Crippen LogP contribution in [0, 0.1) is 23.6 Å². The molecule has 2 aromatic carbocycles. The standard InChI is InChI=1S/C32H45F/c1-3-5-7-8-10-12-24-13-15-27-21-28(18-17-26(27)19-24)30-22-29-16-14-25(11-9-6-4-2)20-31(29)32(33)23-30/h4,6,14,16,20,22-24,26-28H,3,5,7-13,15,17-19,21H2,1-2H3/b6-4+. The third-order valence-electron chi connectivity index (χ3n) is 8.73. The zero-order valence-electron chi connectivity index (χ0n) is 21.1. The first-order valence-electron chi connectivity index (χ1n) is 14.0. The Morgan fingerprint density at radius 1 is 0.909 bits per heavy atom. The van der Waals surface area contributed by atoms with Crippen molar-refractivity contribution in [3.05, 3.63) is 59.4 Å². The number of unbranched alkanes of at least 4 members (excludes halogenated alkanes) is 4. The molecule has 33 heavy (non-hydrogen) atoms. The molecule has 0 saturated heterocycles. The van der Waals surface area contributed by atoms with Gasteiger partial charge in [-0.15, -0.1) is 0 Å². The molecule has 2 aliphatic rings. The second-order valence-corrected chi connectivity index (χ2v) is 11.1. The Balaban J connectivity index is 1.34. The Bertz CT molecular complexity index is 910. The SMILES string of the molecule is C/C=C/CCc1ccc2cc(C3CCC4CC(CCCCCCC)CCC4C3)cc(F)c2c1. The predicted molar refractivity (Wildman–Crippen MR) is 141 cm³/mol. The molecule has 4 unspecified atom stereocenters. The van der Waals surface area contributed by atoms with E-state index < -0.39 is 0 Å². The number of allylic oxidation sites excluding steroid dienone is 2. The number of halogens is 1. The third kappa shape index (κ3) is 6.49. The summed E-state index contributed by atoms with van der Waals surface area (Å²) in [5, 5.41) is 1.87. The fourth-order valence-corrected chi connectivity index (χ4v) is 6.78. The third-order valence-corrected chi connectivity index (χ3v) is 8.73. The van der Waals surface area contributed by atoms with Crippen molar-refractivity contribution in [3.63, 3.8) is 0 Å². The van der Waals surface area contributed by atoms with Gasteiger partial charge in [-0.2, -0.15) is 0 Å². The lowest BCUT2D eigenvalue weighted by Crippen LogP contribution is -2.30. The lowest BCUT2D eigenvalue weighted by molar-refractivity contribution is 0.113. The zero-order chi connectivity index (χ0) is 23.0. The van der Waals surface area contributed by atoms with Crippen molar-refractivity contribution >= 4 is 10.8 Å². The molecule has 2 saturated carbocycles. The van der Waals surface area contributed by atoms with Crippen molar-refractivity contribution in [1.29, 1.82) is 0 Å². The minimum atomic E-state index is -0.0238. The summed E-state index contributed by atoms with van der Waals surface area (Å²) in [4.78, 5) is 0. The molecule has 0 spiro atoms. The Hall–Kier alpha value is -1.63. The molecule has 0 heterocycles. The molecule has 1 heteroatoms. The van der Waals surface area contributed by atoms with Crippen LogP contribution in [0.15, 0.2) is 42.5 Å². The summed E-state index contributed by atoms with van der Waals surface area (Å²) >= 11 is 0. The van der Waals surface area contributed by atoms with Gasteiger partial charge in [0.1, 0.15) is 5.82 Å². The average Bonchev–Trinajstić information content (AvgIpc) is 2.84. The summed E-state index contributed by atoms with van der Waals surface area (Å²) in [5.74, 6) is 3.30. The summed E-state index contributed by atoms with van der Waals surface area (Å²) < 4.78 is 15.1. The van der Waals surface area contributed by atoms with Crippen LogP contribution in [-0.2, 0) is 6.42 Å². The van der Waals surface area contributed by atoms with E-state index >= 15 is 4.39 Å². The van der Waals surface area contributed by atoms with E-state index in [1.165, 1.54) is 88.2 Å². The number of hydrogen-bond acceptors (Lipinski definition) is 0. The molecule has 0 N–H and O–H groups in total. The molecule has 0 aromatic heterocycles. The molecule has 0 nitrogen and oxygen atoms in total. The minimum absolute atomic E-state index is 0.0238. The van der Waals surface area contributed by atoms with Crippen molar-refractivity contribution in [3.8, 4) is 0 Å². The van der Waals surface area contributed by atoms with Gasteiger partial charge in [0.05, 0.1) is 0 Å². The van der Waals surface area contributed by atoms with Crippen LogP contribution in [0.3, 0.4) is 0 Å². The van der Waals surface area contributed by atoms with Gasteiger partial charge in [0, 0.05) is 5.39 Å². The van der Waals surface area contributed by atoms with Crippen LogP contribution in [0.25, 0.3) is 10.8 Å². The van der Waals surface area contributed by atoms with Crippen LogP contribution in [-0.4, -0.2) is 0 Å². The molecule has 2 aliphatic carbocycles. The summed E-state index contributed by atoms with van der Waals surface area (Å²) in [7, 11) is 0. The first-order valence-corrected chi connectivity index (χ1v) is 14.0. The van der Waals surface area contributed by atoms with Gasteiger partial charge in [0.25, 0.3) is 0 Å². The Morgan fingerprint density at radius 3 is 2.58 bits per heavy atom. The second-order valence-electron chi connectivity index (χ2n) is 11.1. The fourth-order valence-electron chi connectivity index (χ4n) is 6.78. The van der Waals surface area contributed by atoms with E-state index in [4.69, 9.17) is 0 Å². The van der Waals surface area contributed by atoms with Gasteiger partial charge < -0.3 is 0 Å². The minimum Gasteiger partial charge on any atom is -0.206 e. The average molecular weight is 449 g/mol. The molecule has 0 radical (unpaired) electrons. The number of aryl methyl sites for hydroxylation is 1. The maximum atomic E-state index is 15.1. The fraction of sp³-hybridized carbons (Fsp3) is 0.625. The van der Waals surface area contributed by atoms with Gasteiger partial charge in [-0.3, -0.25) is 0 Å². The van der Waals surface area contributed by atoms with Gasteiger partial charge in [-0.25, -0.2) is 4.39 Å². The largest absolute Gasteiger partial charge is 0.206 e. The molecule has 180 valence electrons. The zero-order valence-corrected chi connectivity index (χ0v) is 21.1. The highest BCUT2D eigenvalue weighted by Gasteiger charge is 2.36. The van der Waals surface area contributed by atoms with Crippen LogP contribution >= 0.6 is 0 Å². The Kier molecular flexibility index (Phi) is 9.04. The maximum Gasteiger partial charge on any atom is 0.131 e. The lowest BCUT2D eigenvalue weighted by Gasteiger charge is -2.42. The quantitative estimate of drug-likeness (QED) is 0.250. The van der Waals surface area contributed by atoms with E-state index in [0.717, 1.165) is 41.4 Å². The summed E-state index contributed by atoms with van der Waals surface area (Å²) in [5.41, 5.74) is 2.48. The van der Waals surface area contributed by atoms with Crippen LogP contribution in [0.2, 0.25) is 0 Å². The van der Waals surface area contributed by atoms with Crippen LogP contribution < -0.4 is 0 Å². The van der Waals surface area contributed by atoms with Gasteiger partial charge in [0.15, 0.2) is 0 Å². The lowest BCUT2D eigenvalue weighted by atomic mass is 9.63. The second kappa shape index (κ2) is 12.2. The van der Waals surface area contributed by atoms with Gasteiger partial charge in [-0.1, -0.05) is 82.2 Å². The molecule has 4 atom stereocenters. The van der Waals surface area contributed by atoms with Crippen molar-refractivity contribution in [2.45, 2.75) is 110 Å². The van der Waals surface area contributed by atoms with E-state index in [-0.39, 0.29) is 5.82 Å². The monoisotopic (exact) mass is 448 g/mol. The van der Waals surface area contributed by atoms with Gasteiger partial charge in [0.2, 0.25) is 0 Å².